The quantitative estimate of drug-likeness (QED) is 0.757. The number of anilines is 1. The second-order valence-corrected chi connectivity index (χ2v) is 4.63. The molecule has 0 spiro atoms. The first-order valence-electron chi connectivity index (χ1n) is 6.19. The summed E-state index contributed by atoms with van der Waals surface area (Å²) in [5.74, 6) is 0. The Bertz CT molecular complexity index is 352. The van der Waals surface area contributed by atoms with Gasteiger partial charge in [-0.15, -0.1) is 0 Å². The van der Waals surface area contributed by atoms with Crippen molar-refractivity contribution in [2.24, 2.45) is 0 Å². The summed E-state index contributed by atoms with van der Waals surface area (Å²) in [7, 11) is 6.13. The number of benzene rings is 1. The van der Waals surface area contributed by atoms with Crippen molar-refractivity contribution in [3.8, 4) is 0 Å². The number of hydrogen-bond donors (Lipinski definition) is 1. The minimum absolute atomic E-state index is 0.374. The van der Waals surface area contributed by atoms with E-state index in [2.05, 4.69) is 62.1 Å². The van der Waals surface area contributed by atoms with Crippen molar-refractivity contribution < 1.29 is 0 Å². The van der Waals surface area contributed by atoms with Crippen LogP contribution in [-0.2, 0) is 0 Å². The molecule has 0 saturated heterocycles. The zero-order valence-electron chi connectivity index (χ0n) is 11.5. The molecule has 0 aliphatic rings. The fourth-order valence-corrected chi connectivity index (χ4v) is 1.82. The molecule has 0 fully saturated rings. The standard InChI is InChI=1S/C15H24N2/c1-6-12(2)11-15(16-3)13-7-9-14(10-8-13)17(4)5/h7-10,15-16H,2,6,11H2,1,3-5H3. The van der Waals surface area contributed by atoms with Crippen molar-refractivity contribution in [3.05, 3.63) is 42.0 Å². The third-order valence-corrected chi connectivity index (χ3v) is 3.15. The summed E-state index contributed by atoms with van der Waals surface area (Å²) in [4.78, 5) is 2.11. The zero-order valence-corrected chi connectivity index (χ0v) is 11.5. The lowest BCUT2D eigenvalue weighted by molar-refractivity contribution is 0.583. The van der Waals surface area contributed by atoms with Crippen LogP contribution < -0.4 is 10.2 Å². The van der Waals surface area contributed by atoms with Gasteiger partial charge in [0.2, 0.25) is 0 Å². The third kappa shape index (κ3) is 3.90. The molecule has 1 N–H and O–H groups in total. The average molecular weight is 232 g/mol. The van der Waals surface area contributed by atoms with Gasteiger partial charge in [-0.25, -0.2) is 0 Å². The molecule has 0 radical (unpaired) electrons. The lowest BCUT2D eigenvalue weighted by Gasteiger charge is -2.19. The molecular formula is C15H24N2. The van der Waals surface area contributed by atoms with Crippen LogP contribution in [0.2, 0.25) is 0 Å². The number of hydrogen-bond acceptors (Lipinski definition) is 2. The first-order valence-corrected chi connectivity index (χ1v) is 6.19. The van der Waals surface area contributed by atoms with E-state index < -0.39 is 0 Å². The maximum absolute atomic E-state index is 4.08. The van der Waals surface area contributed by atoms with Gasteiger partial charge in [-0.05, 0) is 37.6 Å². The van der Waals surface area contributed by atoms with Crippen LogP contribution in [0.3, 0.4) is 0 Å². The van der Waals surface area contributed by atoms with E-state index in [1.807, 2.05) is 7.05 Å². The van der Waals surface area contributed by atoms with E-state index in [4.69, 9.17) is 0 Å². The SMILES string of the molecule is C=C(CC)CC(NC)c1ccc(N(C)C)cc1. The monoisotopic (exact) mass is 232 g/mol. The molecule has 1 aromatic rings. The minimum Gasteiger partial charge on any atom is -0.378 e. The van der Waals surface area contributed by atoms with Crippen LogP contribution in [0, 0.1) is 0 Å². The molecule has 1 unspecified atom stereocenters. The van der Waals surface area contributed by atoms with Crippen LogP contribution in [0.1, 0.15) is 31.4 Å². The molecule has 0 bridgehead atoms. The van der Waals surface area contributed by atoms with Gasteiger partial charge >= 0.3 is 0 Å². The van der Waals surface area contributed by atoms with Crippen molar-refractivity contribution in [2.45, 2.75) is 25.8 Å². The summed E-state index contributed by atoms with van der Waals surface area (Å²) in [5.41, 5.74) is 3.85. The molecule has 2 nitrogen and oxygen atoms in total. The minimum atomic E-state index is 0.374. The zero-order chi connectivity index (χ0) is 12.8. The summed E-state index contributed by atoms with van der Waals surface area (Å²) in [6.45, 7) is 6.24. The Hall–Kier alpha value is -1.28. The fourth-order valence-electron chi connectivity index (χ4n) is 1.82. The smallest absolute Gasteiger partial charge is 0.0361 e. The predicted molar refractivity (Wildman–Crippen MR) is 76.6 cm³/mol. The van der Waals surface area contributed by atoms with Crippen LogP contribution >= 0.6 is 0 Å². The summed E-state index contributed by atoms with van der Waals surface area (Å²) in [6.07, 6.45) is 2.06. The summed E-state index contributed by atoms with van der Waals surface area (Å²) in [6, 6.07) is 9.08. The molecule has 0 heterocycles. The van der Waals surface area contributed by atoms with Crippen molar-refractivity contribution in [1.29, 1.82) is 0 Å². The second kappa shape index (κ2) is 6.45. The molecule has 94 valence electrons. The first kappa shape index (κ1) is 13.8. The highest BCUT2D eigenvalue weighted by Gasteiger charge is 2.10. The molecule has 1 rings (SSSR count). The number of rotatable bonds is 6. The van der Waals surface area contributed by atoms with E-state index in [0.717, 1.165) is 12.8 Å². The molecule has 1 atom stereocenters. The Morgan fingerprint density at radius 1 is 1.29 bits per heavy atom. The van der Waals surface area contributed by atoms with Gasteiger partial charge in [-0.3, -0.25) is 0 Å². The van der Waals surface area contributed by atoms with Crippen LogP contribution in [0.25, 0.3) is 0 Å². The summed E-state index contributed by atoms with van der Waals surface area (Å²) < 4.78 is 0. The van der Waals surface area contributed by atoms with Gasteiger partial charge in [0.25, 0.3) is 0 Å². The van der Waals surface area contributed by atoms with E-state index in [1.54, 1.807) is 0 Å². The Morgan fingerprint density at radius 3 is 2.29 bits per heavy atom. The molecule has 2 heteroatoms. The van der Waals surface area contributed by atoms with Crippen molar-refractivity contribution in [2.75, 3.05) is 26.0 Å². The lowest BCUT2D eigenvalue weighted by Crippen LogP contribution is -2.17. The molecule has 0 saturated carbocycles. The van der Waals surface area contributed by atoms with Crippen LogP contribution in [-0.4, -0.2) is 21.1 Å². The maximum atomic E-state index is 4.08. The summed E-state index contributed by atoms with van der Waals surface area (Å²) >= 11 is 0. The molecule has 1 aromatic carbocycles. The van der Waals surface area contributed by atoms with Crippen molar-refractivity contribution in [1.82, 2.24) is 5.32 Å². The van der Waals surface area contributed by atoms with Crippen LogP contribution in [0.5, 0.6) is 0 Å². The van der Waals surface area contributed by atoms with Crippen molar-refractivity contribution >= 4 is 5.69 Å². The van der Waals surface area contributed by atoms with E-state index in [1.165, 1.54) is 16.8 Å². The maximum Gasteiger partial charge on any atom is 0.0361 e. The van der Waals surface area contributed by atoms with E-state index in [-0.39, 0.29) is 0 Å². The Balaban J connectivity index is 2.78. The van der Waals surface area contributed by atoms with Gasteiger partial charge in [0.1, 0.15) is 0 Å². The molecular weight excluding hydrogens is 208 g/mol. The third-order valence-electron chi connectivity index (χ3n) is 3.15. The van der Waals surface area contributed by atoms with Crippen LogP contribution in [0.15, 0.2) is 36.4 Å². The normalized spacial score (nSPS) is 12.2. The summed E-state index contributed by atoms with van der Waals surface area (Å²) in [5, 5.41) is 3.36. The number of nitrogens with one attached hydrogen (secondary N) is 1. The molecule has 0 amide bonds. The Morgan fingerprint density at radius 2 is 1.88 bits per heavy atom. The van der Waals surface area contributed by atoms with E-state index >= 15 is 0 Å². The molecule has 0 aliphatic carbocycles. The lowest BCUT2D eigenvalue weighted by atomic mass is 9.98. The predicted octanol–water partition coefficient (Wildman–Crippen LogP) is 3.37. The average Bonchev–Trinajstić information content (AvgIpc) is 2.35. The van der Waals surface area contributed by atoms with E-state index in [0.29, 0.717) is 6.04 Å². The highest BCUT2D eigenvalue weighted by atomic mass is 15.1. The molecule has 17 heavy (non-hydrogen) atoms. The van der Waals surface area contributed by atoms with Gasteiger partial charge in [-0.1, -0.05) is 31.2 Å². The highest BCUT2D eigenvalue weighted by Crippen LogP contribution is 2.23. The molecule has 0 aromatic heterocycles. The Kier molecular flexibility index (Phi) is 5.23. The van der Waals surface area contributed by atoms with E-state index in [9.17, 15) is 0 Å². The van der Waals surface area contributed by atoms with Gasteiger partial charge in [0, 0.05) is 25.8 Å². The van der Waals surface area contributed by atoms with Crippen molar-refractivity contribution in [3.63, 3.8) is 0 Å². The first-order chi connectivity index (χ1) is 8.08. The number of nitrogens with zero attached hydrogens (tertiary/aromatic N) is 1. The Labute approximate surface area is 105 Å². The van der Waals surface area contributed by atoms with Gasteiger partial charge < -0.3 is 10.2 Å². The van der Waals surface area contributed by atoms with Gasteiger partial charge in [0.05, 0.1) is 0 Å². The van der Waals surface area contributed by atoms with Gasteiger partial charge in [-0.2, -0.15) is 0 Å². The van der Waals surface area contributed by atoms with Gasteiger partial charge in [0.15, 0.2) is 0 Å². The molecule has 0 aliphatic heterocycles. The second-order valence-electron chi connectivity index (χ2n) is 4.63. The van der Waals surface area contributed by atoms with Crippen LogP contribution in [0.4, 0.5) is 5.69 Å². The highest BCUT2D eigenvalue weighted by molar-refractivity contribution is 5.46. The topological polar surface area (TPSA) is 15.3 Å². The largest absolute Gasteiger partial charge is 0.378 e. The fraction of sp³-hybridized carbons (Fsp3) is 0.467.